The summed E-state index contributed by atoms with van der Waals surface area (Å²) in [7, 11) is 1.78. The maximum Gasteiger partial charge on any atom is 0.0572 e. The molecule has 0 aliphatic heterocycles. The third-order valence-corrected chi connectivity index (χ3v) is 2.41. The van der Waals surface area contributed by atoms with Gasteiger partial charge >= 0.3 is 0 Å². The van der Waals surface area contributed by atoms with E-state index in [0.717, 1.165) is 25.7 Å². The van der Waals surface area contributed by atoms with Gasteiger partial charge in [-0.2, -0.15) is 0 Å². The summed E-state index contributed by atoms with van der Waals surface area (Å²) in [5.74, 6) is 0. The summed E-state index contributed by atoms with van der Waals surface area (Å²) >= 11 is 0. The van der Waals surface area contributed by atoms with Gasteiger partial charge in [-0.25, -0.2) is 0 Å². The van der Waals surface area contributed by atoms with Crippen LogP contribution < -0.4 is 5.73 Å². The van der Waals surface area contributed by atoms with Crippen LogP contribution in [0.3, 0.4) is 0 Å². The fraction of sp³-hybridized carbons (Fsp3) is 1.00. The van der Waals surface area contributed by atoms with Crippen molar-refractivity contribution in [3.63, 3.8) is 0 Å². The zero-order valence-electron chi connectivity index (χ0n) is 7.30. The topological polar surface area (TPSA) is 35.2 Å². The van der Waals surface area contributed by atoms with Crippen LogP contribution >= 0.6 is 12.4 Å². The van der Waals surface area contributed by atoms with Crippen molar-refractivity contribution < 1.29 is 4.74 Å². The van der Waals surface area contributed by atoms with Crippen LogP contribution in [0.5, 0.6) is 0 Å². The smallest absolute Gasteiger partial charge is 0.0572 e. The van der Waals surface area contributed by atoms with Crippen molar-refractivity contribution >= 4 is 12.4 Å². The van der Waals surface area contributed by atoms with Gasteiger partial charge in [-0.1, -0.05) is 0 Å². The number of hydrogen-bond donors (Lipinski definition) is 1. The Morgan fingerprint density at radius 3 is 2.18 bits per heavy atom. The van der Waals surface area contributed by atoms with E-state index in [1.165, 1.54) is 0 Å². The molecule has 1 saturated carbocycles. The van der Waals surface area contributed by atoms with E-state index in [1.807, 2.05) is 0 Å². The number of methoxy groups -OCH3 is 1. The van der Waals surface area contributed by atoms with Crippen molar-refractivity contribution in [2.24, 2.45) is 5.73 Å². The first-order chi connectivity index (χ1) is 4.64. The van der Waals surface area contributed by atoms with Crippen LogP contribution in [0.15, 0.2) is 0 Å². The van der Waals surface area contributed by atoms with E-state index in [-0.39, 0.29) is 17.9 Å². The zero-order chi connectivity index (χ0) is 7.61. The van der Waals surface area contributed by atoms with Crippen molar-refractivity contribution in [3.05, 3.63) is 0 Å². The minimum atomic E-state index is 0. The summed E-state index contributed by atoms with van der Waals surface area (Å²) in [6, 6.07) is 0. The molecular formula is C8H18ClNO. The normalized spacial score (nSPS) is 37.9. The van der Waals surface area contributed by atoms with E-state index in [1.54, 1.807) is 7.11 Å². The Morgan fingerprint density at radius 1 is 1.36 bits per heavy atom. The predicted octanol–water partition coefficient (Wildman–Crippen LogP) is 1.71. The maximum atomic E-state index is 5.94. The molecule has 0 amide bonds. The molecule has 68 valence electrons. The number of hydrogen-bond acceptors (Lipinski definition) is 2. The van der Waals surface area contributed by atoms with Crippen LogP contribution in [0.1, 0.15) is 32.6 Å². The largest absolute Gasteiger partial charge is 0.381 e. The Kier molecular flexibility index (Phi) is 4.37. The second kappa shape index (κ2) is 4.29. The lowest BCUT2D eigenvalue weighted by Gasteiger charge is -2.33. The average molecular weight is 180 g/mol. The van der Waals surface area contributed by atoms with Crippen LogP contribution in [-0.2, 0) is 4.74 Å². The minimum absolute atomic E-state index is 0. The minimum Gasteiger partial charge on any atom is -0.381 e. The highest BCUT2D eigenvalue weighted by atomic mass is 35.5. The summed E-state index contributed by atoms with van der Waals surface area (Å²) in [6.07, 6.45) is 4.93. The second-order valence-corrected chi connectivity index (χ2v) is 3.59. The SMILES string of the molecule is COC1CCC(C)(N)CC1.Cl. The molecule has 1 fully saturated rings. The van der Waals surface area contributed by atoms with Gasteiger partial charge in [0.1, 0.15) is 0 Å². The van der Waals surface area contributed by atoms with E-state index < -0.39 is 0 Å². The molecule has 11 heavy (non-hydrogen) atoms. The fourth-order valence-electron chi connectivity index (χ4n) is 1.49. The second-order valence-electron chi connectivity index (χ2n) is 3.59. The molecule has 0 unspecified atom stereocenters. The van der Waals surface area contributed by atoms with E-state index in [0.29, 0.717) is 6.10 Å². The van der Waals surface area contributed by atoms with Gasteiger partial charge in [0.25, 0.3) is 0 Å². The molecule has 0 radical (unpaired) electrons. The molecule has 0 aromatic heterocycles. The number of halogens is 1. The Bertz CT molecular complexity index is 107. The molecule has 1 aliphatic carbocycles. The summed E-state index contributed by atoms with van der Waals surface area (Å²) < 4.78 is 5.23. The van der Waals surface area contributed by atoms with Gasteiger partial charge in [0.15, 0.2) is 0 Å². The molecule has 2 N–H and O–H groups in total. The molecule has 0 aromatic rings. The van der Waals surface area contributed by atoms with Gasteiger partial charge in [-0.05, 0) is 32.6 Å². The zero-order valence-corrected chi connectivity index (χ0v) is 8.12. The Balaban J connectivity index is 0.000001000. The summed E-state index contributed by atoms with van der Waals surface area (Å²) in [6.45, 7) is 2.12. The van der Waals surface area contributed by atoms with Gasteiger partial charge in [-0.15, -0.1) is 12.4 Å². The van der Waals surface area contributed by atoms with Gasteiger partial charge in [0.05, 0.1) is 6.10 Å². The number of rotatable bonds is 1. The lowest BCUT2D eigenvalue weighted by Crippen LogP contribution is -2.41. The highest BCUT2D eigenvalue weighted by Gasteiger charge is 2.26. The van der Waals surface area contributed by atoms with Gasteiger partial charge < -0.3 is 10.5 Å². The first-order valence-electron chi connectivity index (χ1n) is 3.96. The quantitative estimate of drug-likeness (QED) is 0.666. The lowest BCUT2D eigenvalue weighted by atomic mass is 9.83. The fourth-order valence-corrected chi connectivity index (χ4v) is 1.49. The van der Waals surface area contributed by atoms with Gasteiger partial charge in [0.2, 0.25) is 0 Å². The van der Waals surface area contributed by atoms with Gasteiger partial charge in [0, 0.05) is 12.6 Å². The van der Waals surface area contributed by atoms with Crippen molar-refractivity contribution in [2.45, 2.75) is 44.2 Å². The van der Waals surface area contributed by atoms with Crippen LogP contribution in [0.4, 0.5) is 0 Å². The number of ether oxygens (including phenoxy) is 1. The molecule has 0 spiro atoms. The third-order valence-electron chi connectivity index (χ3n) is 2.41. The molecule has 1 rings (SSSR count). The molecule has 0 aromatic carbocycles. The van der Waals surface area contributed by atoms with Crippen molar-refractivity contribution in [1.82, 2.24) is 0 Å². The van der Waals surface area contributed by atoms with E-state index in [9.17, 15) is 0 Å². The predicted molar refractivity (Wildman–Crippen MR) is 49.1 cm³/mol. The first kappa shape index (κ1) is 11.2. The summed E-state index contributed by atoms with van der Waals surface area (Å²) in [4.78, 5) is 0. The lowest BCUT2D eigenvalue weighted by molar-refractivity contribution is 0.0531. The van der Waals surface area contributed by atoms with Crippen LogP contribution in [0.25, 0.3) is 0 Å². The van der Waals surface area contributed by atoms with Crippen molar-refractivity contribution in [3.8, 4) is 0 Å². The van der Waals surface area contributed by atoms with Crippen LogP contribution in [-0.4, -0.2) is 18.8 Å². The van der Waals surface area contributed by atoms with E-state index in [2.05, 4.69) is 6.92 Å². The molecule has 0 heterocycles. The highest BCUT2D eigenvalue weighted by molar-refractivity contribution is 5.85. The first-order valence-corrected chi connectivity index (χ1v) is 3.96. The van der Waals surface area contributed by atoms with Crippen molar-refractivity contribution in [2.75, 3.05) is 7.11 Å². The maximum absolute atomic E-state index is 5.94. The molecule has 1 aliphatic rings. The summed E-state index contributed by atoms with van der Waals surface area (Å²) in [5, 5.41) is 0. The molecule has 0 saturated heterocycles. The Hall–Kier alpha value is 0.210. The standard InChI is InChI=1S/C8H17NO.ClH/c1-8(9)5-3-7(10-2)4-6-8;/h7H,3-6,9H2,1-2H3;1H. The Morgan fingerprint density at radius 2 is 1.82 bits per heavy atom. The van der Waals surface area contributed by atoms with Crippen LogP contribution in [0.2, 0.25) is 0 Å². The third kappa shape index (κ3) is 3.41. The van der Waals surface area contributed by atoms with Crippen LogP contribution in [0, 0.1) is 0 Å². The molecular weight excluding hydrogens is 162 g/mol. The van der Waals surface area contributed by atoms with E-state index >= 15 is 0 Å². The molecule has 3 heteroatoms. The molecule has 2 nitrogen and oxygen atoms in total. The molecule has 0 atom stereocenters. The number of nitrogens with two attached hydrogens (primary N) is 1. The monoisotopic (exact) mass is 179 g/mol. The van der Waals surface area contributed by atoms with E-state index in [4.69, 9.17) is 10.5 Å². The average Bonchev–Trinajstić information content (AvgIpc) is 1.88. The van der Waals surface area contributed by atoms with Crippen molar-refractivity contribution in [1.29, 1.82) is 0 Å². The highest BCUT2D eigenvalue weighted by Crippen LogP contribution is 2.26. The molecule has 0 bridgehead atoms. The Labute approximate surface area is 74.9 Å². The van der Waals surface area contributed by atoms with Gasteiger partial charge in [-0.3, -0.25) is 0 Å². The summed E-state index contributed by atoms with van der Waals surface area (Å²) in [5.41, 5.74) is 6.02.